The molecule has 1 unspecified atom stereocenters. The third-order valence-electron chi connectivity index (χ3n) is 4.36. The number of amides is 1. The molecule has 3 rings (SSSR count). The Morgan fingerprint density at radius 1 is 1.04 bits per heavy atom. The van der Waals surface area contributed by atoms with E-state index < -0.39 is 6.10 Å². The average molecular weight is 396 g/mol. The molecule has 0 aliphatic carbocycles. The smallest absolute Gasteiger partial charge is 0.266 e. The van der Waals surface area contributed by atoms with E-state index in [2.05, 4.69) is 36.3 Å². The van der Waals surface area contributed by atoms with Gasteiger partial charge in [0.25, 0.3) is 5.91 Å². The predicted molar refractivity (Wildman–Crippen MR) is 114 cm³/mol. The number of aryl methyl sites for hydroxylation is 1. The third-order valence-corrected chi connectivity index (χ3v) is 5.24. The SMILES string of the molecule is Cc1ccc(-c2nnc(NC(=O)C(C)Oc3ccc(C(C)(C)C)cc3)s2)cc1. The van der Waals surface area contributed by atoms with Crippen LogP contribution in [0.3, 0.4) is 0 Å². The lowest BCUT2D eigenvalue weighted by molar-refractivity contribution is -0.122. The quantitative estimate of drug-likeness (QED) is 0.643. The van der Waals surface area contributed by atoms with Gasteiger partial charge in [-0.15, -0.1) is 10.2 Å². The average Bonchev–Trinajstić information content (AvgIpc) is 3.10. The number of hydrogen-bond acceptors (Lipinski definition) is 5. The van der Waals surface area contributed by atoms with Gasteiger partial charge in [-0.2, -0.15) is 0 Å². The van der Waals surface area contributed by atoms with E-state index in [0.29, 0.717) is 10.9 Å². The predicted octanol–water partition coefficient (Wildman–Crippen LogP) is 5.22. The van der Waals surface area contributed by atoms with Crippen LogP contribution in [-0.4, -0.2) is 22.2 Å². The van der Waals surface area contributed by atoms with Crippen molar-refractivity contribution in [3.05, 3.63) is 59.7 Å². The molecule has 1 heterocycles. The van der Waals surface area contributed by atoms with Gasteiger partial charge in [0, 0.05) is 5.56 Å². The highest BCUT2D eigenvalue weighted by molar-refractivity contribution is 7.18. The lowest BCUT2D eigenvalue weighted by atomic mass is 9.87. The lowest BCUT2D eigenvalue weighted by Gasteiger charge is -2.20. The number of aromatic nitrogens is 2. The second-order valence-corrected chi connectivity index (χ2v) is 8.78. The summed E-state index contributed by atoms with van der Waals surface area (Å²) in [6.45, 7) is 10.2. The lowest BCUT2D eigenvalue weighted by Crippen LogP contribution is -2.30. The maximum Gasteiger partial charge on any atom is 0.266 e. The zero-order chi connectivity index (χ0) is 20.3. The van der Waals surface area contributed by atoms with E-state index in [9.17, 15) is 4.79 Å². The maximum atomic E-state index is 12.4. The van der Waals surface area contributed by atoms with Gasteiger partial charge < -0.3 is 4.74 Å². The van der Waals surface area contributed by atoms with Crippen molar-refractivity contribution in [1.82, 2.24) is 10.2 Å². The summed E-state index contributed by atoms with van der Waals surface area (Å²) in [7, 11) is 0. The topological polar surface area (TPSA) is 64.1 Å². The molecule has 28 heavy (non-hydrogen) atoms. The fourth-order valence-corrected chi connectivity index (χ4v) is 3.34. The molecule has 1 aromatic heterocycles. The standard InChI is InChI=1S/C22H25N3O2S/c1-14-6-8-16(9-7-14)20-24-25-21(28-20)23-19(26)15(2)27-18-12-10-17(11-13-18)22(3,4)5/h6-13,15H,1-5H3,(H,23,25,26). The molecule has 1 N–H and O–H groups in total. The molecular weight excluding hydrogens is 370 g/mol. The van der Waals surface area contributed by atoms with Crippen LogP contribution in [-0.2, 0) is 10.2 Å². The van der Waals surface area contributed by atoms with E-state index >= 15 is 0 Å². The minimum absolute atomic E-state index is 0.0779. The zero-order valence-corrected chi connectivity index (χ0v) is 17.6. The monoisotopic (exact) mass is 395 g/mol. The second kappa shape index (κ2) is 8.10. The zero-order valence-electron chi connectivity index (χ0n) is 16.8. The van der Waals surface area contributed by atoms with Crippen molar-refractivity contribution in [2.24, 2.45) is 0 Å². The molecule has 0 bridgehead atoms. The highest BCUT2D eigenvalue weighted by Crippen LogP contribution is 2.27. The first-order valence-electron chi connectivity index (χ1n) is 9.21. The van der Waals surface area contributed by atoms with Gasteiger partial charge in [-0.3, -0.25) is 10.1 Å². The maximum absolute atomic E-state index is 12.4. The summed E-state index contributed by atoms with van der Waals surface area (Å²) in [5.41, 5.74) is 3.46. The van der Waals surface area contributed by atoms with Crippen LogP contribution >= 0.6 is 11.3 Å². The molecule has 0 saturated heterocycles. The Kier molecular flexibility index (Phi) is 5.79. The largest absolute Gasteiger partial charge is 0.481 e. The number of ether oxygens (including phenoxy) is 1. The number of carbonyl (C=O) groups excluding carboxylic acids is 1. The minimum Gasteiger partial charge on any atom is -0.481 e. The van der Waals surface area contributed by atoms with Gasteiger partial charge >= 0.3 is 0 Å². The van der Waals surface area contributed by atoms with Crippen LogP contribution in [0, 0.1) is 6.92 Å². The Morgan fingerprint density at radius 2 is 1.68 bits per heavy atom. The number of carbonyl (C=O) groups is 1. The molecule has 6 heteroatoms. The number of benzene rings is 2. The normalized spacial score (nSPS) is 12.5. The van der Waals surface area contributed by atoms with Crippen molar-refractivity contribution >= 4 is 22.4 Å². The molecule has 5 nitrogen and oxygen atoms in total. The van der Waals surface area contributed by atoms with Crippen molar-refractivity contribution in [3.8, 4) is 16.3 Å². The van der Waals surface area contributed by atoms with Gasteiger partial charge in [0.15, 0.2) is 6.10 Å². The van der Waals surface area contributed by atoms with Crippen LogP contribution < -0.4 is 10.1 Å². The molecule has 0 aliphatic rings. The van der Waals surface area contributed by atoms with E-state index in [1.54, 1.807) is 6.92 Å². The number of rotatable bonds is 5. The third kappa shape index (κ3) is 4.95. The van der Waals surface area contributed by atoms with E-state index in [-0.39, 0.29) is 11.3 Å². The minimum atomic E-state index is -0.646. The summed E-state index contributed by atoms with van der Waals surface area (Å²) in [4.78, 5) is 12.4. The highest BCUT2D eigenvalue weighted by Gasteiger charge is 2.18. The Balaban J connectivity index is 1.61. The molecule has 0 aliphatic heterocycles. The van der Waals surface area contributed by atoms with Gasteiger partial charge in [-0.25, -0.2) is 0 Å². The first-order valence-corrected chi connectivity index (χ1v) is 10.0. The first kappa shape index (κ1) is 20.0. The summed E-state index contributed by atoms with van der Waals surface area (Å²) < 4.78 is 5.77. The molecule has 0 saturated carbocycles. The molecular formula is C22H25N3O2S. The Hall–Kier alpha value is -2.73. The van der Waals surface area contributed by atoms with Crippen molar-refractivity contribution in [3.63, 3.8) is 0 Å². The second-order valence-electron chi connectivity index (χ2n) is 7.80. The summed E-state index contributed by atoms with van der Waals surface area (Å²) in [5, 5.41) is 12.2. The molecule has 0 spiro atoms. The van der Waals surface area contributed by atoms with Crippen molar-refractivity contribution < 1.29 is 9.53 Å². The Morgan fingerprint density at radius 3 is 2.29 bits per heavy atom. The fourth-order valence-electron chi connectivity index (χ4n) is 2.58. The molecule has 1 amide bonds. The van der Waals surface area contributed by atoms with E-state index in [1.807, 2.05) is 55.5 Å². The molecule has 2 aromatic carbocycles. The Labute approximate surface area is 169 Å². The number of nitrogens with zero attached hydrogens (tertiary/aromatic N) is 2. The van der Waals surface area contributed by atoms with Crippen LogP contribution in [0.25, 0.3) is 10.6 Å². The Bertz CT molecular complexity index is 941. The number of hydrogen-bond donors (Lipinski definition) is 1. The fraction of sp³-hybridized carbons (Fsp3) is 0.318. The van der Waals surface area contributed by atoms with E-state index in [4.69, 9.17) is 4.74 Å². The molecule has 1 atom stereocenters. The molecule has 3 aromatic rings. The van der Waals surface area contributed by atoms with Crippen molar-refractivity contribution in [2.45, 2.75) is 46.1 Å². The van der Waals surface area contributed by atoms with Gasteiger partial charge in [0.2, 0.25) is 5.13 Å². The van der Waals surface area contributed by atoms with Crippen LogP contribution in [0.15, 0.2) is 48.5 Å². The molecule has 146 valence electrons. The van der Waals surface area contributed by atoms with Gasteiger partial charge in [-0.05, 0) is 37.0 Å². The number of nitrogens with one attached hydrogen (secondary N) is 1. The van der Waals surface area contributed by atoms with Crippen molar-refractivity contribution in [1.29, 1.82) is 0 Å². The first-order chi connectivity index (χ1) is 13.2. The van der Waals surface area contributed by atoms with E-state index in [0.717, 1.165) is 10.6 Å². The number of anilines is 1. The van der Waals surface area contributed by atoms with Crippen LogP contribution in [0.4, 0.5) is 5.13 Å². The summed E-state index contributed by atoms with van der Waals surface area (Å²) in [6, 6.07) is 15.9. The van der Waals surface area contributed by atoms with Gasteiger partial charge in [0.1, 0.15) is 10.8 Å². The van der Waals surface area contributed by atoms with Crippen molar-refractivity contribution in [2.75, 3.05) is 5.32 Å². The highest BCUT2D eigenvalue weighted by atomic mass is 32.1. The summed E-state index contributed by atoms with van der Waals surface area (Å²) in [6.07, 6.45) is -0.646. The molecule has 0 fully saturated rings. The molecule has 0 radical (unpaired) electrons. The van der Waals surface area contributed by atoms with Gasteiger partial charge in [0.05, 0.1) is 0 Å². The summed E-state index contributed by atoms with van der Waals surface area (Å²) in [5.74, 6) is 0.403. The van der Waals surface area contributed by atoms with Crippen LogP contribution in [0.5, 0.6) is 5.75 Å². The van der Waals surface area contributed by atoms with Crippen LogP contribution in [0.1, 0.15) is 38.8 Å². The van der Waals surface area contributed by atoms with Crippen LogP contribution in [0.2, 0.25) is 0 Å². The van der Waals surface area contributed by atoms with Gasteiger partial charge in [-0.1, -0.05) is 74.1 Å². The van der Waals surface area contributed by atoms with E-state index in [1.165, 1.54) is 22.5 Å². The summed E-state index contributed by atoms with van der Waals surface area (Å²) >= 11 is 1.34.